The van der Waals surface area contributed by atoms with E-state index in [0.29, 0.717) is 5.92 Å². The van der Waals surface area contributed by atoms with Gasteiger partial charge >= 0.3 is 0 Å². The van der Waals surface area contributed by atoms with Crippen molar-refractivity contribution in [1.29, 1.82) is 0 Å². The van der Waals surface area contributed by atoms with Crippen LogP contribution >= 0.6 is 0 Å². The van der Waals surface area contributed by atoms with Gasteiger partial charge in [-0.05, 0) is 62.1 Å². The lowest BCUT2D eigenvalue weighted by Gasteiger charge is -2.37. The van der Waals surface area contributed by atoms with Gasteiger partial charge < -0.3 is 10.6 Å². The van der Waals surface area contributed by atoms with Gasteiger partial charge in [-0.2, -0.15) is 0 Å². The van der Waals surface area contributed by atoms with Crippen LogP contribution in [0.4, 0.5) is 4.39 Å². The molecule has 3 fully saturated rings. The minimum absolute atomic E-state index is 0.0728. The number of rotatable bonds is 3. The van der Waals surface area contributed by atoms with Crippen LogP contribution in [0.2, 0.25) is 0 Å². The molecule has 1 aliphatic heterocycles. The Morgan fingerprint density at radius 2 is 1.68 bits per heavy atom. The highest BCUT2D eigenvalue weighted by Gasteiger charge is 2.54. The SMILES string of the molecule is NC1(C2CCN(C(=O)C3(c4ccc(F)cc4)CC3)CC2)CC1. The maximum atomic E-state index is 13.1. The largest absolute Gasteiger partial charge is 0.342 e. The van der Waals surface area contributed by atoms with E-state index in [4.69, 9.17) is 5.73 Å². The maximum Gasteiger partial charge on any atom is 0.233 e. The van der Waals surface area contributed by atoms with Crippen LogP contribution in [0, 0.1) is 11.7 Å². The number of nitrogens with zero attached hydrogens (tertiary/aromatic N) is 1. The molecule has 0 radical (unpaired) electrons. The average molecular weight is 302 g/mol. The second kappa shape index (κ2) is 4.79. The molecule has 4 heteroatoms. The molecule has 0 bridgehead atoms. The highest BCUT2D eigenvalue weighted by molar-refractivity contribution is 5.91. The van der Waals surface area contributed by atoms with Crippen LogP contribution < -0.4 is 5.73 Å². The van der Waals surface area contributed by atoms with E-state index in [1.807, 2.05) is 4.90 Å². The van der Waals surface area contributed by atoms with Crippen LogP contribution in [-0.2, 0) is 10.2 Å². The van der Waals surface area contributed by atoms with Crippen molar-refractivity contribution in [3.8, 4) is 0 Å². The molecular formula is C18H23FN2O. The maximum absolute atomic E-state index is 13.1. The third-order valence-corrected chi connectivity index (χ3v) is 5.98. The van der Waals surface area contributed by atoms with E-state index >= 15 is 0 Å². The van der Waals surface area contributed by atoms with E-state index in [9.17, 15) is 9.18 Å². The van der Waals surface area contributed by atoms with Crippen molar-refractivity contribution >= 4 is 5.91 Å². The fraction of sp³-hybridized carbons (Fsp3) is 0.611. The lowest BCUT2D eigenvalue weighted by molar-refractivity contribution is -0.135. The smallest absolute Gasteiger partial charge is 0.233 e. The van der Waals surface area contributed by atoms with Crippen molar-refractivity contribution in [2.45, 2.75) is 49.5 Å². The normalized spacial score (nSPS) is 25.8. The topological polar surface area (TPSA) is 46.3 Å². The van der Waals surface area contributed by atoms with Crippen molar-refractivity contribution in [2.24, 2.45) is 11.7 Å². The first-order chi connectivity index (χ1) is 10.5. The monoisotopic (exact) mass is 302 g/mol. The highest BCUT2D eigenvalue weighted by Crippen LogP contribution is 2.51. The average Bonchev–Trinajstić information content (AvgIpc) is 3.45. The summed E-state index contributed by atoms with van der Waals surface area (Å²) in [6.45, 7) is 1.65. The molecule has 118 valence electrons. The van der Waals surface area contributed by atoms with Gasteiger partial charge in [0.1, 0.15) is 5.82 Å². The summed E-state index contributed by atoms with van der Waals surface area (Å²) in [4.78, 5) is 15.0. The summed E-state index contributed by atoms with van der Waals surface area (Å²) in [5, 5.41) is 0. The van der Waals surface area contributed by atoms with Gasteiger partial charge in [-0.15, -0.1) is 0 Å². The van der Waals surface area contributed by atoms with E-state index < -0.39 is 0 Å². The number of hydrogen-bond acceptors (Lipinski definition) is 2. The lowest BCUT2D eigenvalue weighted by Crippen LogP contribution is -2.47. The molecule has 2 aliphatic carbocycles. The van der Waals surface area contributed by atoms with E-state index in [1.54, 1.807) is 12.1 Å². The molecule has 3 nitrogen and oxygen atoms in total. The first-order valence-electron chi connectivity index (χ1n) is 8.38. The molecule has 0 atom stereocenters. The number of hydrogen-bond donors (Lipinski definition) is 1. The van der Waals surface area contributed by atoms with E-state index in [-0.39, 0.29) is 22.7 Å². The van der Waals surface area contributed by atoms with Crippen molar-refractivity contribution < 1.29 is 9.18 Å². The molecule has 22 heavy (non-hydrogen) atoms. The standard InChI is InChI=1S/C18H23FN2O/c19-15-3-1-13(2-4-15)17(7-8-17)16(22)21-11-5-14(6-12-21)18(20)9-10-18/h1-4,14H,5-12,20H2. The Bertz CT molecular complexity index is 582. The summed E-state index contributed by atoms with van der Waals surface area (Å²) in [6, 6.07) is 6.46. The Morgan fingerprint density at radius 1 is 1.09 bits per heavy atom. The molecule has 1 heterocycles. The zero-order valence-corrected chi connectivity index (χ0v) is 12.9. The van der Waals surface area contributed by atoms with Gasteiger partial charge in [-0.1, -0.05) is 12.1 Å². The number of amides is 1. The summed E-state index contributed by atoms with van der Waals surface area (Å²) in [7, 11) is 0. The number of piperidine rings is 1. The van der Waals surface area contributed by atoms with Crippen LogP contribution in [-0.4, -0.2) is 29.4 Å². The number of carbonyl (C=O) groups is 1. The van der Waals surface area contributed by atoms with Gasteiger partial charge in [0.2, 0.25) is 5.91 Å². The highest BCUT2D eigenvalue weighted by atomic mass is 19.1. The summed E-state index contributed by atoms with van der Waals surface area (Å²) >= 11 is 0. The Hall–Kier alpha value is -1.42. The van der Waals surface area contributed by atoms with E-state index in [2.05, 4.69) is 0 Å². The predicted octanol–water partition coefficient (Wildman–Crippen LogP) is 2.59. The molecule has 3 aliphatic rings. The van der Waals surface area contributed by atoms with Gasteiger partial charge in [0.25, 0.3) is 0 Å². The minimum atomic E-state index is -0.374. The number of carbonyl (C=O) groups excluding carboxylic acids is 1. The van der Waals surface area contributed by atoms with Gasteiger partial charge in [-0.3, -0.25) is 4.79 Å². The third-order valence-electron chi connectivity index (χ3n) is 5.98. The van der Waals surface area contributed by atoms with Crippen LogP contribution in [0.3, 0.4) is 0 Å². The Balaban J connectivity index is 1.45. The Labute approximate surface area is 130 Å². The molecule has 0 aromatic heterocycles. The van der Waals surface area contributed by atoms with Crippen LogP contribution in [0.15, 0.2) is 24.3 Å². The minimum Gasteiger partial charge on any atom is -0.342 e. The first-order valence-corrected chi connectivity index (χ1v) is 8.38. The predicted molar refractivity (Wildman–Crippen MR) is 82.8 cm³/mol. The number of benzene rings is 1. The van der Waals surface area contributed by atoms with E-state index in [0.717, 1.165) is 57.2 Å². The van der Waals surface area contributed by atoms with Crippen molar-refractivity contribution in [3.05, 3.63) is 35.6 Å². The van der Waals surface area contributed by atoms with Gasteiger partial charge in [0.15, 0.2) is 0 Å². The molecule has 1 aromatic rings. The molecule has 4 rings (SSSR count). The number of nitrogens with two attached hydrogens (primary N) is 1. The number of likely N-dealkylation sites (tertiary alicyclic amines) is 1. The zero-order chi connectivity index (χ0) is 15.4. The Kier molecular flexibility index (Phi) is 3.09. The first kappa shape index (κ1) is 14.2. The Morgan fingerprint density at radius 3 is 2.18 bits per heavy atom. The second-order valence-corrected chi connectivity index (χ2v) is 7.39. The molecular weight excluding hydrogens is 279 g/mol. The molecule has 1 amide bonds. The number of halogens is 1. The van der Waals surface area contributed by atoms with Crippen LogP contribution in [0.1, 0.15) is 44.1 Å². The molecule has 0 unspecified atom stereocenters. The van der Waals surface area contributed by atoms with E-state index in [1.165, 1.54) is 12.1 Å². The van der Waals surface area contributed by atoms with Crippen molar-refractivity contribution in [3.63, 3.8) is 0 Å². The van der Waals surface area contributed by atoms with Gasteiger partial charge in [0, 0.05) is 18.6 Å². The van der Waals surface area contributed by atoms with Gasteiger partial charge in [-0.25, -0.2) is 4.39 Å². The fourth-order valence-electron chi connectivity index (χ4n) is 4.03. The summed E-state index contributed by atoms with van der Waals surface area (Å²) in [5.41, 5.74) is 6.98. The summed E-state index contributed by atoms with van der Waals surface area (Å²) < 4.78 is 13.1. The van der Waals surface area contributed by atoms with Gasteiger partial charge in [0.05, 0.1) is 5.41 Å². The lowest BCUT2D eigenvalue weighted by atomic mass is 9.86. The van der Waals surface area contributed by atoms with Crippen molar-refractivity contribution in [1.82, 2.24) is 4.90 Å². The quantitative estimate of drug-likeness (QED) is 0.933. The second-order valence-electron chi connectivity index (χ2n) is 7.39. The molecule has 1 saturated heterocycles. The summed E-state index contributed by atoms with van der Waals surface area (Å²) in [5.74, 6) is 0.572. The van der Waals surface area contributed by atoms with Crippen LogP contribution in [0.25, 0.3) is 0 Å². The third kappa shape index (κ3) is 2.24. The van der Waals surface area contributed by atoms with Crippen LogP contribution in [0.5, 0.6) is 0 Å². The summed E-state index contributed by atoms with van der Waals surface area (Å²) in [6.07, 6.45) is 6.12. The molecule has 0 spiro atoms. The molecule has 2 N–H and O–H groups in total. The zero-order valence-electron chi connectivity index (χ0n) is 12.9. The molecule has 1 aromatic carbocycles. The molecule has 2 saturated carbocycles. The fourth-order valence-corrected chi connectivity index (χ4v) is 4.03. The van der Waals surface area contributed by atoms with Crippen molar-refractivity contribution in [2.75, 3.05) is 13.1 Å².